The molecular weight excluding hydrogens is 296 g/mol. The lowest BCUT2D eigenvalue weighted by molar-refractivity contribution is 0.168. The highest BCUT2D eigenvalue weighted by Gasteiger charge is 2.29. The SMILES string of the molecule is CCOC(=O)Nc1cc(N2CCCS2(=O)=O)ccc1OC. The topological polar surface area (TPSA) is 84.9 Å². The molecule has 0 saturated carbocycles. The van der Waals surface area contributed by atoms with Crippen molar-refractivity contribution in [2.45, 2.75) is 13.3 Å². The average Bonchev–Trinajstić information content (AvgIpc) is 2.78. The first-order valence-electron chi connectivity index (χ1n) is 6.60. The van der Waals surface area contributed by atoms with Gasteiger partial charge in [-0.05, 0) is 31.5 Å². The van der Waals surface area contributed by atoms with Gasteiger partial charge in [-0.25, -0.2) is 13.2 Å². The lowest BCUT2D eigenvalue weighted by Gasteiger charge is -2.19. The van der Waals surface area contributed by atoms with Crippen molar-refractivity contribution >= 4 is 27.5 Å². The third kappa shape index (κ3) is 3.38. The van der Waals surface area contributed by atoms with Crippen molar-refractivity contribution in [1.29, 1.82) is 0 Å². The van der Waals surface area contributed by atoms with Crippen molar-refractivity contribution in [2.75, 3.05) is 35.6 Å². The molecule has 7 nitrogen and oxygen atoms in total. The summed E-state index contributed by atoms with van der Waals surface area (Å²) in [5, 5.41) is 2.55. The number of sulfonamides is 1. The number of ether oxygens (including phenoxy) is 2. The molecule has 1 saturated heterocycles. The third-order valence-electron chi connectivity index (χ3n) is 3.08. The maximum atomic E-state index is 11.9. The largest absolute Gasteiger partial charge is 0.495 e. The molecule has 0 radical (unpaired) electrons. The summed E-state index contributed by atoms with van der Waals surface area (Å²) in [6.45, 7) is 2.38. The number of nitrogens with one attached hydrogen (secondary N) is 1. The molecule has 116 valence electrons. The highest BCUT2D eigenvalue weighted by atomic mass is 32.2. The molecule has 1 heterocycles. The van der Waals surface area contributed by atoms with Crippen molar-refractivity contribution in [2.24, 2.45) is 0 Å². The van der Waals surface area contributed by atoms with E-state index >= 15 is 0 Å². The summed E-state index contributed by atoms with van der Waals surface area (Å²) in [5.74, 6) is 0.572. The van der Waals surface area contributed by atoms with Crippen LogP contribution in [0.2, 0.25) is 0 Å². The summed E-state index contributed by atoms with van der Waals surface area (Å²) < 4.78 is 35.2. The molecule has 1 fully saturated rings. The number of amides is 1. The number of rotatable bonds is 4. The molecule has 0 aliphatic carbocycles. The van der Waals surface area contributed by atoms with E-state index in [2.05, 4.69) is 5.32 Å². The predicted molar refractivity (Wildman–Crippen MR) is 79.4 cm³/mol. The predicted octanol–water partition coefficient (Wildman–Crippen LogP) is 1.80. The number of methoxy groups -OCH3 is 1. The van der Waals surface area contributed by atoms with E-state index in [1.807, 2.05) is 0 Å². The van der Waals surface area contributed by atoms with E-state index in [4.69, 9.17) is 9.47 Å². The zero-order valence-electron chi connectivity index (χ0n) is 12.0. The third-order valence-corrected chi connectivity index (χ3v) is 4.95. The Labute approximate surface area is 123 Å². The minimum atomic E-state index is -3.27. The van der Waals surface area contributed by atoms with Crippen LogP contribution in [0.1, 0.15) is 13.3 Å². The van der Waals surface area contributed by atoms with Crippen molar-refractivity contribution in [3.05, 3.63) is 18.2 Å². The number of nitrogens with zero attached hydrogens (tertiary/aromatic N) is 1. The second kappa shape index (κ2) is 6.21. The summed E-state index contributed by atoms with van der Waals surface area (Å²) >= 11 is 0. The number of anilines is 2. The Balaban J connectivity index is 2.31. The molecule has 0 bridgehead atoms. The van der Waals surface area contributed by atoms with E-state index in [1.54, 1.807) is 25.1 Å². The Morgan fingerprint density at radius 3 is 2.76 bits per heavy atom. The van der Waals surface area contributed by atoms with Gasteiger partial charge in [0.1, 0.15) is 5.75 Å². The van der Waals surface area contributed by atoms with Gasteiger partial charge in [-0.1, -0.05) is 0 Å². The first-order chi connectivity index (χ1) is 9.97. The molecule has 1 aliphatic rings. The molecule has 0 spiro atoms. The number of benzene rings is 1. The summed E-state index contributed by atoms with van der Waals surface area (Å²) in [6, 6.07) is 4.83. The van der Waals surface area contributed by atoms with Gasteiger partial charge in [-0.15, -0.1) is 0 Å². The van der Waals surface area contributed by atoms with Crippen molar-refractivity contribution in [3.63, 3.8) is 0 Å². The number of hydrogen-bond acceptors (Lipinski definition) is 5. The Morgan fingerprint density at radius 2 is 2.19 bits per heavy atom. The zero-order chi connectivity index (χ0) is 15.5. The van der Waals surface area contributed by atoms with Crippen LogP contribution in [0.3, 0.4) is 0 Å². The molecule has 0 atom stereocenters. The Hall–Kier alpha value is -1.96. The van der Waals surface area contributed by atoms with Gasteiger partial charge in [0.05, 0.1) is 30.8 Å². The van der Waals surface area contributed by atoms with Crippen molar-refractivity contribution < 1.29 is 22.7 Å². The number of carbonyl (C=O) groups excluding carboxylic acids is 1. The molecule has 1 amide bonds. The maximum absolute atomic E-state index is 11.9. The molecule has 1 aromatic rings. The molecular formula is C13H18N2O5S. The highest BCUT2D eigenvalue weighted by molar-refractivity contribution is 7.93. The normalized spacial score (nSPS) is 16.6. The Kier molecular flexibility index (Phi) is 4.56. The second-order valence-corrected chi connectivity index (χ2v) is 6.48. The average molecular weight is 314 g/mol. The number of carbonyl (C=O) groups is 1. The van der Waals surface area contributed by atoms with Crippen molar-refractivity contribution in [1.82, 2.24) is 0 Å². The van der Waals surface area contributed by atoms with Crippen LogP contribution in [0.4, 0.5) is 16.2 Å². The lowest BCUT2D eigenvalue weighted by atomic mass is 10.2. The van der Waals surface area contributed by atoms with Crippen LogP contribution < -0.4 is 14.4 Å². The quantitative estimate of drug-likeness (QED) is 0.916. The van der Waals surface area contributed by atoms with Gasteiger partial charge in [0, 0.05) is 6.54 Å². The van der Waals surface area contributed by atoms with E-state index < -0.39 is 16.1 Å². The number of hydrogen-bond donors (Lipinski definition) is 1. The first-order valence-corrected chi connectivity index (χ1v) is 8.21. The van der Waals surface area contributed by atoms with Crippen LogP contribution in [0.25, 0.3) is 0 Å². The molecule has 0 unspecified atom stereocenters. The molecule has 1 aromatic carbocycles. The van der Waals surface area contributed by atoms with Crippen molar-refractivity contribution in [3.8, 4) is 5.75 Å². The summed E-state index contributed by atoms with van der Waals surface area (Å²) in [6.07, 6.45) is -0.0214. The lowest BCUT2D eigenvalue weighted by Crippen LogP contribution is -2.25. The van der Waals surface area contributed by atoms with E-state index in [0.29, 0.717) is 30.1 Å². The minimum absolute atomic E-state index is 0.139. The van der Waals surface area contributed by atoms with E-state index in [1.165, 1.54) is 11.4 Å². The van der Waals surface area contributed by atoms with Crippen LogP contribution in [-0.2, 0) is 14.8 Å². The Bertz CT molecular complexity index is 629. The molecule has 1 N–H and O–H groups in total. The molecule has 1 aliphatic heterocycles. The van der Waals surface area contributed by atoms with Crippen LogP contribution in [0, 0.1) is 0 Å². The van der Waals surface area contributed by atoms with Crippen LogP contribution in [-0.4, -0.2) is 40.5 Å². The van der Waals surface area contributed by atoms with E-state index in [-0.39, 0.29) is 12.4 Å². The van der Waals surface area contributed by atoms with Crippen LogP contribution >= 0.6 is 0 Å². The zero-order valence-corrected chi connectivity index (χ0v) is 12.8. The van der Waals surface area contributed by atoms with Gasteiger partial charge in [0.25, 0.3) is 0 Å². The van der Waals surface area contributed by atoms with Gasteiger partial charge >= 0.3 is 6.09 Å². The highest BCUT2D eigenvalue weighted by Crippen LogP contribution is 2.32. The van der Waals surface area contributed by atoms with Gasteiger partial charge in [-0.3, -0.25) is 9.62 Å². The monoisotopic (exact) mass is 314 g/mol. The first kappa shape index (κ1) is 15.4. The maximum Gasteiger partial charge on any atom is 0.411 e. The van der Waals surface area contributed by atoms with Gasteiger partial charge in [0.2, 0.25) is 10.0 Å². The molecule has 0 aromatic heterocycles. The fourth-order valence-corrected chi connectivity index (χ4v) is 3.71. The fraction of sp³-hybridized carbons (Fsp3) is 0.462. The van der Waals surface area contributed by atoms with Gasteiger partial charge in [-0.2, -0.15) is 0 Å². The summed E-state index contributed by atoms with van der Waals surface area (Å²) in [4.78, 5) is 11.5. The smallest absolute Gasteiger partial charge is 0.411 e. The second-order valence-electron chi connectivity index (χ2n) is 4.47. The van der Waals surface area contributed by atoms with Crippen LogP contribution in [0.15, 0.2) is 18.2 Å². The van der Waals surface area contributed by atoms with Crippen LogP contribution in [0.5, 0.6) is 5.75 Å². The Morgan fingerprint density at radius 1 is 1.43 bits per heavy atom. The molecule has 8 heteroatoms. The van der Waals surface area contributed by atoms with E-state index in [9.17, 15) is 13.2 Å². The van der Waals surface area contributed by atoms with Gasteiger partial charge < -0.3 is 9.47 Å². The van der Waals surface area contributed by atoms with Gasteiger partial charge in [0.15, 0.2) is 0 Å². The summed E-state index contributed by atoms with van der Waals surface area (Å²) in [5.41, 5.74) is 0.871. The minimum Gasteiger partial charge on any atom is -0.495 e. The fourth-order valence-electron chi connectivity index (χ4n) is 2.16. The van der Waals surface area contributed by atoms with E-state index in [0.717, 1.165) is 0 Å². The molecule has 21 heavy (non-hydrogen) atoms. The molecule has 2 rings (SSSR count). The summed E-state index contributed by atoms with van der Waals surface area (Å²) in [7, 11) is -1.80. The standard InChI is InChI=1S/C13H18N2O5S/c1-3-20-13(16)14-11-9-10(5-6-12(11)19-2)15-7-4-8-21(15,17)18/h5-6,9H,3-4,7-8H2,1-2H3,(H,14,16).